The maximum Gasteiger partial charge on any atom is 0.129 e. The van der Waals surface area contributed by atoms with Gasteiger partial charge in [-0.05, 0) is 93.4 Å². The number of hydrogen-bond donors (Lipinski definition) is 2. The summed E-state index contributed by atoms with van der Waals surface area (Å²) >= 11 is 0. The van der Waals surface area contributed by atoms with Crippen molar-refractivity contribution in [3.05, 3.63) is 236 Å². The van der Waals surface area contributed by atoms with Gasteiger partial charge in [0.1, 0.15) is 6.17 Å². The Labute approximate surface area is 366 Å². The lowest BCUT2D eigenvalue weighted by molar-refractivity contribution is 0.327. The van der Waals surface area contributed by atoms with Gasteiger partial charge in [0.2, 0.25) is 0 Å². The van der Waals surface area contributed by atoms with Crippen molar-refractivity contribution < 1.29 is 0 Å². The second-order valence-corrected chi connectivity index (χ2v) is 16.7. The van der Waals surface area contributed by atoms with Gasteiger partial charge in [-0.3, -0.25) is 0 Å². The first kappa shape index (κ1) is 36.7. The van der Waals surface area contributed by atoms with E-state index in [1.807, 2.05) is 12.2 Å². The summed E-state index contributed by atoms with van der Waals surface area (Å²) in [6.07, 6.45) is 5.76. The second-order valence-electron chi connectivity index (χ2n) is 16.7. The molecule has 0 saturated carbocycles. The Morgan fingerprint density at radius 3 is 1.94 bits per heavy atom. The van der Waals surface area contributed by atoms with Gasteiger partial charge in [0.15, 0.2) is 0 Å². The van der Waals surface area contributed by atoms with Crippen LogP contribution in [0, 0.1) is 0 Å². The van der Waals surface area contributed by atoms with E-state index >= 15 is 0 Å². The first-order valence-corrected chi connectivity index (χ1v) is 21.8. The molecule has 1 aliphatic rings. The van der Waals surface area contributed by atoms with Crippen LogP contribution in [-0.4, -0.2) is 9.13 Å². The third-order valence-electron chi connectivity index (χ3n) is 13.1. The van der Waals surface area contributed by atoms with E-state index in [0.717, 1.165) is 22.6 Å². The van der Waals surface area contributed by atoms with Gasteiger partial charge in [-0.15, -0.1) is 0 Å². The van der Waals surface area contributed by atoms with Gasteiger partial charge in [0.25, 0.3) is 0 Å². The number of hydrogen-bond acceptors (Lipinski definition) is 2. The first-order chi connectivity index (χ1) is 31.1. The zero-order valence-corrected chi connectivity index (χ0v) is 35.0. The SMILES string of the molecule is C=C/C=C\C1=C(C)NC(c2ccc(-c3ccccc3)c(-c3ccccc3)c2)C(n2c3ccc(-n4c5ccccc5c5ccc6ccccc6c54)cc3c3c4ccccc4ccc32)N1. The summed E-state index contributed by atoms with van der Waals surface area (Å²) in [6, 6.07) is 71.0. The highest BCUT2D eigenvalue weighted by Crippen LogP contribution is 2.44. The van der Waals surface area contributed by atoms with Crippen molar-refractivity contribution >= 4 is 65.2 Å². The van der Waals surface area contributed by atoms with Crippen LogP contribution in [0.25, 0.3) is 93.1 Å². The summed E-state index contributed by atoms with van der Waals surface area (Å²) in [7, 11) is 0. The van der Waals surface area contributed by atoms with Crippen LogP contribution in [0.15, 0.2) is 230 Å². The monoisotopic (exact) mass is 808 g/mol. The molecule has 2 N–H and O–H groups in total. The third kappa shape index (κ3) is 5.90. The number of rotatable bonds is 7. The Hall–Kier alpha value is -8.08. The third-order valence-corrected chi connectivity index (χ3v) is 13.1. The minimum absolute atomic E-state index is 0.133. The molecule has 63 heavy (non-hydrogen) atoms. The summed E-state index contributed by atoms with van der Waals surface area (Å²) in [5.74, 6) is 0. The molecular formula is C59H44N4. The number of nitrogens with zero attached hydrogens (tertiary/aromatic N) is 2. The van der Waals surface area contributed by atoms with Crippen molar-refractivity contribution in [2.45, 2.75) is 19.1 Å². The van der Waals surface area contributed by atoms with E-state index < -0.39 is 0 Å². The molecule has 0 bridgehead atoms. The number of nitrogens with one attached hydrogen (secondary N) is 2. The van der Waals surface area contributed by atoms with Crippen LogP contribution in [0.1, 0.15) is 24.7 Å². The minimum Gasteiger partial charge on any atom is -0.376 e. The topological polar surface area (TPSA) is 33.9 Å². The van der Waals surface area contributed by atoms with Crippen molar-refractivity contribution in [1.82, 2.24) is 19.8 Å². The van der Waals surface area contributed by atoms with Crippen LogP contribution in [0.4, 0.5) is 0 Å². The fourth-order valence-electron chi connectivity index (χ4n) is 10.3. The van der Waals surface area contributed by atoms with Crippen molar-refractivity contribution in [3.63, 3.8) is 0 Å². The molecule has 11 aromatic rings. The van der Waals surface area contributed by atoms with Crippen molar-refractivity contribution in [2.24, 2.45) is 0 Å². The fraction of sp³-hybridized carbons (Fsp3) is 0.0508. The van der Waals surface area contributed by atoms with E-state index in [0.29, 0.717) is 0 Å². The molecule has 2 aromatic heterocycles. The average Bonchev–Trinajstić information content (AvgIpc) is 3.87. The lowest BCUT2D eigenvalue weighted by Crippen LogP contribution is -2.43. The van der Waals surface area contributed by atoms with E-state index in [1.165, 1.54) is 87.5 Å². The molecule has 4 nitrogen and oxygen atoms in total. The average molecular weight is 809 g/mol. The number of para-hydroxylation sites is 1. The maximum absolute atomic E-state index is 4.08. The molecule has 2 atom stereocenters. The normalized spacial score (nSPS) is 15.6. The molecule has 1 aliphatic heterocycles. The van der Waals surface area contributed by atoms with Gasteiger partial charge in [0.05, 0.1) is 33.8 Å². The van der Waals surface area contributed by atoms with E-state index in [2.05, 4.69) is 233 Å². The lowest BCUT2D eigenvalue weighted by Gasteiger charge is -2.38. The Morgan fingerprint density at radius 2 is 1.16 bits per heavy atom. The Bertz CT molecular complexity index is 3660. The summed E-state index contributed by atoms with van der Waals surface area (Å²) < 4.78 is 5.02. The van der Waals surface area contributed by atoms with Crippen LogP contribution in [0.5, 0.6) is 0 Å². The van der Waals surface area contributed by atoms with Gasteiger partial charge in [-0.2, -0.15) is 0 Å². The zero-order chi connectivity index (χ0) is 42.0. The van der Waals surface area contributed by atoms with Crippen LogP contribution in [0.2, 0.25) is 0 Å². The molecular weight excluding hydrogens is 765 g/mol. The van der Waals surface area contributed by atoms with E-state index in [9.17, 15) is 0 Å². The van der Waals surface area contributed by atoms with Crippen LogP contribution < -0.4 is 10.6 Å². The van der Waals surface area contributed by atoms with Gasteiger partial charge in [0, 0.05) is 38.3 Å². The standard InChI is InChI=1S/C59H44N4/c1-3-4-26-52-38(2)60-57(43-29-32-45(39-17-7-5-8-18-39)50(36-43)40-19-9-6-10-20-40)59(61-52)63-54-35-31-44(37-51(54)56-46-23-13-11-21-41(46)30-34-55(56)63)62-53-27-16-15-25-48(53)49-33-28-42-22-12-14-24-47(42)58(49)62/h3-37,57,59-61H,1H2,2H3/b26-4-. The van der Waals surface area contributed by atoms with Crippen LogP contribution >= 0.6 is 0 Å². The number of aromatic nitrogens is 2. The van der Waals surface area contributed by atoms with Crippen molar-refractivity contribution in [3.8, 4) is 27.9 Å². The quantitative estimate of drug-likeness (QED) is 0.157. The van der Waals surface area contributed by atoms with Crippen LogP contribution in [0.3, 0.4) is 0 Å². The smallest absolute Gasteiger partial charge is 0.129 e. The highest BCUT2D eigenvalue weighted by molar-refractivity contribution is 6.22. The molecule has 9 aromatic carbocycles. The summed E-state index contributed by atoms with van der Waals surface area (Å²) in [6.45, 7) is 6.17. The molecule has 0 aliphatic carbocycles. The predicted molar refractivity (Wildman–Crippen MR) is 266 cm³/mol. The van der Waals surface area contributed by atoms with Gasteiger partial charge in [-0.1, -0.05) is 176 Å². The summed E-state index contributed by atoms with van der Waals surface area (Å²) in [5.41, 5.74) is 14.0. The highest BCUT2D eigenvalue weighted by atomic mass is 15.3. The highest BCUT2D eigenvalue weighted by Gasteiger charge is 2.33. The molecule has 0 spiro atoms. The molecule has 0 saturated heterocycles. The van der Waals surface area contributed by atoms with Gasteiger partial charge >= 0.3 is 0 Å². The van der Waals surface area contributed by atoms with E-state index in [4.69, 9.17) is 0 Å². The molecule has 12 rings (SSSR count). The second kappa shape index (κ2) is 14.8. The summed E-state index contributed by atoms with van der Waals surface area (Å²) in [5, 5.41) is 18.0. The van der Waals surface area contributed by atoms with Crippen molar-refractivity contribution in [1.29, 1.82) is 0 Å². The number of benzene rings is 9. The molecule has 300 valence electrons. The number of allylic oxidation sites excluding steroid dienone is 4. The Morgan fingerprint density at radius 1 is 0.508 bits per heavy atom. The van der Waals surface area contributed by atoms with Crippen LogP contribution in [-0.2, 0) is 0 Å². The molecule has 0 amide bonds. The maximum atomic E-state index is 4.08. The molecule has 0 radical (unpaired) electrons. The minimum atomic E-state index is -0.214. The zero-order valence-electron chi connectivity index (χ0n) is 35.0. The van der Waals surface area contributed by atoms with Gasteiger partial charge in [-0.25, -0.2) is 0 Å². The molecule has 3 heterocycles. The largest absolute Gasteiger partial charge is 0.376 e. The predicted octanol–water partition coefficient (Wildman–Crippen LogP) is 14.9. The Balaban J connectivity index is 1.13. The van der Waals surface area contributed by atoms with E-state index in [1.54, 1.807) is 0 Å². The van der Waals surface area contributed by atoms with Crippen molar-refractivity contribution in [2.75, 3.05) is 0 Å². The molecule has 4 heteroatoms. The Kier molecular flexibility index (Phi) is 8.65. The van der Waals surface area contributed by atoms with E-state index in [-0.39, 0.29) is 12.2 Å². The fourth-order valence-corrected chi connectivity index (χ4v) is 10.3. The molecule has 0 fully saturated rings. The van der Waals surface area contributed by atoms with Gasteiger partial charge < -0.3 is 19.8 Å². The first-order valence-electron chi connectivity index (χ1n) is 21.8. The lowest BCUT2D eigenvalue weighted by atomic mass is 9.90. The summed E-state index contributed by atoms with van der Waals surface area (Å²) in [4.78, 5) is 0. The number of fused-ring (bicyclic) bond motifs is 10. The molecule has 2 unspecified atom stereocenters.